The summed E-state index contributed by atoms with van der Waals surface area (Å²) in [5, 5.41) is 5.20. The third-order valence-corrected chi connectivity index (χ3v) is 5.20. The molecule has 0 aliphatic carbocycles. The van der Waals surface area contributed by atoms with Crippen LogP contribution in [0.1, 0.15) is 44.8 Å². The fraction of sp³-hybridized carbons (Fsp3) is 0.786. The Morgan fingerprint density at radius 3 is 2.89 bits per heavy atom. The number of aromatic nitrogens is 2. The molecule has 0 spiro atoms. The Balaban J connectivity index is 2.09. The van der Waals surface area contributed by atoms with Gasteiger partial charge in [-0.05, 0) is 20.3 Å². The van der Waals surface area contributed by atoms with Crippen molar-refractivity contribution in [1.82, 2.24) is 14.7 Å². The van der Waals surface area contributed by atoms with Gasteiger partial charge in [0.1, 0.15) is 0 Å². The molecule has 0 radical (unpaired) electrons. The van der Waals surface area contributed by atoms with E-state index in [1.54, 1.807) is 0 Å². The molecule has 1 aromatic rings. The molecule has 2 heterocycles. The zero-order chi connectivity index (χ0) is 13.8. The van der Waals surface area contributed by atoms with Gasteiger partial charge in [0.05, 0.1) is 12.2 Å². The van der Waals surface area contributed by atoms with Crippen LogP contribution in [0.2, 0.25) is 0 Å². The van der Waals surface area contributed by atoms with Crippen molar-refractivity contribution in [2.24, 2.45) is 5.73 Å². The largest absolute Gasteiger partial charge is 0.329 e. The van der Waals surface area contributed by atoms with Gasteiger partial charge in [-0.2, -0.15) is 16.9 Å². The quantitative estimate of drug-likeness (QED) is 0.900. The van der Waals surface area contributed by atoms with Gasteiger partial charge in [-0.3, -0.25) is 9.58 Å². The summed E-state index contributed by atoms with van der Waals surface area (Å²) in [5.74, 6) is 1.22. The van der Waals surface area contributed by atoms with Gasteiger partial charge in [0, 0.05) is 48.4 Å². The topological polar surface area (TPSA) is 47.1 Å². The molecule has 0 amide bonds. The lowest BCUT2D eigenvalue weighted by Crippen LogP contribution is -2.42. The Hall–Kier alpha value is -0.520. The van der Waals surface area contributed by atoms with Gasteiger partial charge in [0.25, 0.3) is 0 Å². The van der Waals surface area contributed by atoms with Crippen LogP contribution in [0.15, 0.2) is 12.4 Å². The summed E-state index contributed by atoms with van der Waals surface area (Å²) in [6.45, 7) is 9.53. The van der Waals surface area contributed by atoms with Crippen molar-refractivity contribution in [2.45, 2.75) is 44.5 Å². The molecule has 1 saturated heterocycles. The number of hydrogen-bond acceptors (Lipinski definition) is 4. The second-order valence-electron chi connectivity index (χ2n) is 5.49. The molecule has 0 aromatic carbocycles. The van der Waals surface area contributed by atoms with Crippen molar-refractivity contribution >= 4 is 11.8 Å². The molecule has 2 rings (SSSR count). The van der Waals surface area contributed by atoms with Crippen LogP contribution in [0, 0.1) is 0 Å². The number of nitrogens with zero attached hydrogens (tertiary/aromatic N) is 3. The van der Waals surface area contributed by atoms with Crippen LogP contribution in [0.3, 0.4) is 0 Å². The fourth-order valence-electron chi connectivity index (χ4n) is 2.58. The average Bonchev–Trinajstić information content (AvgIpc) is 2.90. The number of nitrogens with two attached hydrogens (primary N) is 1. The lowest BCUT2D eigenvalue weighted by Gasteiger charge is -2.37. The van der Waals surface area contributed by atoms with Crippen LogP contribution in [0.4, 0.5) is 0 Å². The van der Waals surface area contributed by atoms with E-state index in [-0.39, 0.29) is 0 Å². The normalized spacial score (nSPS) is 22.9. The summed E-state index contributed by atoms with van der Waals surface area (Å²) >= 11 is 2.10. The second-order valence-corrected chi connectivity index (χ2v) is 6.90. The Labute approximate surface area is 120 Å². The minimum absolute atomic E-state index is 0.322. The van der Waals surface area contributed by atoms with E-state index in [1.165, 1.54) is 17.7 Å². The van der Waals surface area contributed by atoms with E-state index in [4.69, 9.17) is 5.73 Å². The summed E-state index contributed by atoms with van der Waals surface area (Å²) in [6, 6.07) is 0.731. The number of rotatable bonds is 5. The summed E-state index contributed by atoms with van der Waals surface area (Å²) < 4.78 is 2.02. The first-order chi connectivity index (χ1) is 9.15. The van der Waals surface area contributed by atoms with Gasteiger partial charge in [-0.25, -0.2) is 0 Å². The van der Waals surface area contributed by atoms with E-state index < -0.39 is 0 Å². The van der Waals surface area contributed by atoms with E-state index in [1.807, 2.05) is 10.9 Å². The second kappa shape index (κ2) is 6.77. The molecular weight excluding hydrogens is 256 g/mol. The predicted octanol–water partition coefficient (Wildman–Crippen LogP) is 2.29. The highest BCUT2D eigenvalue weighted by molar-refractivity contribution is 8.00. The smallest absolute Gasteiger partial charge is 0.0538 e. The van der Waals surface area contributed by atoms with Crippen LogP contribution >= 0.6 is 11.8 Å². The Bertz CT molecular complexity index is 391. The van der Waals surface area contributed by atoms with Crippen molar-refractivity contribution < 1.29 is 0 Å². The van der Waals surface area contributed by atoms with E-state index in [2.05, 4.69) is 48.7 Å². The average molecular weight is 282 g/mol. The SMILES string of the molecule is CCC1CN(C(CN)c2cnn(C(C)C)c2)CCS1. The van der Waals surface area contributed by atoms with Crippen LogP contribution in [0.25, 0.3) is 0 Å². The first-order valence-corrected chi connectivity index (χ1v) is 8.30. The number of hydrogen-bond donors (Lipinski definition) is 1. The van der Waals surface area contributed by atoms with Gasteiger partial charge < -0.3 is 5.73 Å². The zero-order valence-corrected chi connectivity index (χ0v) is 13.1. The molecule has 1 aliphatic heterocycles. The van der Waals surface area contributed by atoms with Gasteiger partial charge in [-0.15, -0.1) is 0 Å². The number of thioether (sulfide) groups is 1. The van der Waals surface area contributed by atoms with Crippen LogP contribution in [-0.2, 0) is 0 Å². The maximum atomic E-state index is 6.02. The predicted molar refractivity (Wildman–Crippen MR) is 82.5 cm³/mol. The van der Waals surface area contributed by atoms with Crippen LogP contribution in [-0.4, -0.2) is 45.3 Å². The maximum Gasteiger partial charge on any atom is 0.0538 e. The van der Waals surface area contributed by atoms with Crippen LogP contribution < -0.4 is 5.73 Å². The molecule has 1 aliphatic rings. The highest BCUT2D eigenvalue weighted by Crippen LogP contribution is 2.28. The summed E-state index contributed by atoms with van der Waals surface area (Å²) in [6.07, 6.45) is 5.38. The minimum Gasteiger partial charge on any atom is -0.329 e. The first-order valence-electron chi connectivity index (χ1n) is 7.25. The molecule has 2 N–H and O–H groups in total. The molecule has 5 heteroatoms. The molecule has 1 aromatic heterocycles. The molecule has 0 bridgehead atoms. The molecular formula is C14H26N4S. The van der Waals surface area contributed by atoms with Gasteiger partial charge in [-0.1, -0.05) is 6.92 Å². The van der Waals surface area contributed by atoms with E-state index in [9.17, 15) is 0 Å². The Morgan fingerprint density at radius 2 is 2.32 bits per heavy atom. The van der Waals surface area contributed by atoms with Crippen molar-refractivity contribution in [3.05, 3.63) is 18.0 Å². The van der Waals surface area contributed by atoms with Gasteiger partial charge in [0.2, 0.25) is 0 Å². The lowest BCUT2D eigenvalue weighted by atomic mass is 10.1. The van der Waals surface area contributed by atoms with E-state index in [0.29, 0.717) is 18.6 Å². The monoisotopic (exact) mass is 282 g/mol. The third-order valence-electron chi connectivity index (χ3n) is 3.82. The third kappa shape index (κ3) is 3.52. The standard InChI is InChI=1S/C14H26N4S/c1-4-13-10-17(5-6-19-13)14(7-15)12-8-16-18(9-12)11(2)3/h8-9,11,13-14H,4-7,10,15H2,1-3H3. The zero-order valence-electron chi connectivity index (χ0n) is 12.2. The molecule has 0 saturated carbocycles. The maximum absolute atomic E-state index is 6.02. The molecule has 1 fully saturated rings. The molecule has 108 valence electrons. The summed E-state index contributed by atoms with van der Waals surface area (Å²) in [4.78, 5) is 2.53. The van der Waals surface area contributed by atoms with E-state index >= 15 is 0 Å². The van der Waals surface area contributed by atoms with Crippen molar-refractivity contribution in [1.29, 1.82) is 0 Å². The van der Waals surface area contributed by atoms with Gasteiger partial charge >= 0.3 is 0 Å². The molecule has 4 nitrogen and oxygen atoms in total. The molecule has 19 heavy (non-hydrogen) atoms. The van der Waals surface area contributed by atoms with Crippen molar-refractivity contribution in [2.75, 3.05) is 25.4 Å². The molecule has 2 unspecified atom stereocenters. The summed E-state index contributed by atoms with van der Waals surface area (Å²) in [7, 11) is 0. The summed E-state index contributed by atoms with van der Waals surface area (Å²) in [5.41, 5.74) is 7.28. The van der Waals surface area contributed by atoms with Crippen LogP contribution in [0.5, 0.6) is 0 Å². The fourth-order valence-corrected chi connectivity index (χ4v) is 3.78. The lowest BCUT2D eigenvalue weighted by molar-refractivity contribution is 0.207. The minimum atomic E-state index is 0.322. The molecule has 2 atom stereocenters. The first kappa shape index (κ1) is 14.9. The van der Waals surface area contributed by atoms with Gasteiger partial charge in [0.15, 0.2) is 0 Å². The Kier molecular flexibility index (Phi) is 5.30. The van der Waals surface area contributed by atoms with Crippen molar-refractivity contribution in [3.63, 3.8) is 0 Å². The van der Waals surface area contributed by atoms with E-state index in [0.717, 1.165) is 18.3 Å². The highest BCUT2D eigenvalue weighted by atomic mass is 32.2. The van der Waals surface area contributed by atoms with Crippen molar-refractivity contribution in [3.8, 4) is 0 Å². The highest BCUT2D eigenvalue weighted by Gasteiger charge is 2.26. The Morgan fingerprint density at radius 1 is 1.53 bits per heavy atom.